The van der Waals surface area contributed by atoms with Crippen molar-refractivity contribution in [3.63, 3.8) is 0 Å². The van der Waals surface area contributed by atoms with Gasteiger partial charge in [0.05, 0.1) is 17.2 Å². The van der Waals surface area contributed by atoms with Crippen LogP contribution in [0.3, 0.4) is 0 Å². The number of aromatic nitrogens is 1. The van der Waals surface area contributed by atoms with Crippen LogP contribution >= 0.6 is 0 Å². The summed E-state index contributed by atoms with van der Waals surface area (Å²) in [6.07, 6.45) is 3.81. The SMILES string of the molecule is CC1CC(C(=O)O)CN(C(=O)c2cnccc2N(C)C)C1. The Balaban J connectivity index is 2.25. The molecule has 0 aliphatic carbocycles. The van der Waals surface area contributed by atoms with E-state index >= 15 is 0 Å². The largest absolute Gasteiger partial charge is 0.481 e. The molecule has 21 heavy (non-hydrogen) atoms. The molecule has 2 atom stereocenters. The highest BCUT2D eigenvalue weighted by atomic mass is 16.4. The maximum absolute atomic E-state index is 12.7. The number of aliphatic carboxylic acids is 1. The van der Waals surface area contributed by atoms with Crippen molar-refractivity contribution in [3.8, 4) is 0 Å². The number of rotatable bonds is 3. The normalized spacial score (nSPS) is 22.0. The summed E-state index contributed by atoms with van der Waals surface area (Å²) in [5.74, 6) is -1.29. The predicted molar refractivity (Wildman–Crippen MR) is 79.4 cm³/mol. The van der Waals surface area contributed by atoms with Crippen LogP contribution in [0.5, 0.6) is 0 Å². The lowest BCUT2D eigenvalue weighted by Gasteiger charge is -2.35. The number of nitrogens with zero attached hydrogens (tertiary/aromatic N) is 3. The van der Waals surface area contributed by atoms with Crippen molar-refractivity contribution in [3.05, 3.63) is 24.0 Å². The third-order valence-electron chi connectivity index (χ3n) is 3.81. The van der Waals surface area contributed by atoms with Crippen molar-refractivity contribution in [2.45, 2.75) is 13.3 Å². The van der Waals surface area contributed by atoms with Gasteiger partial charge in [0.25, 0.3) is 5.91 Å². The minimum absolute atomic E-state index is 0.149. The lowest BCUT2D eigenvalue weighted by atomic mass is 9.90. The number of carbonyl (C=O) groups excluding carboxylic acids is 1. The highest BCUT2D eigenvalue weighted by Gasteiger charge is 2.33. The van der Waals surface area contributed by atoms with Gasteiger partial charge >= 0.3 is 5.97 Å². The summed E-state index contributed by atoms with van der Waals surface area (Å²) in [6, 6.07) is 1.79. The third kappa shape index (κ3) is 3.32. The number of piperidine rings is 1. The Labute approximate surface area is 124 Å². The Bertz CT molecular complexity index is 545. The molecule has 1 aliphatic heterocycles. The molecule has 1 amide bonds. The van der Waals surface area contributed by atoms with Crippen molar-refractivity contribution in [2.75, 3.05) is 32.1 Å². The Kier molecular flexibility index (Phi) is 4.45. The van der Waals surface area contributed by atoms with E-state index in [0.717, 1.165) is 5.69 Å². The number of likely N-dealkylation sites (tertiary alicyclic amines) is 1. The second-order valence-electron chi connectivity index (χ2n) is 5.87. The van der Waals surface area contributed by atoms with Gasteiger partial charge in [0.1, 0.15) is 0 Å². The van der Waals surface area contributed by atoms with Gasteiger partial charge in [0.2, 0.25) is 0 Å². The van der Waals surface area contributed by atoms with Gasteiger partial charge in [-0.1, -0.05) is 6.92 Å². The average molecular weight is 291 g/mol. The van der Waals surface area contributed by atoms with Gasteiger partial charge in [0.15, 0.2) is 0 Å². The zero-order valence-corrected chi connectivity index (χ0v) is 12.6. The van der Waals surface area contributed by atoms with Crippen molar-refractivity contribution < 1.29 is 14.7 Å². The topological polar surface area (TPSA) is 73.7 Å². The van der Waals surface area contributed by atoms with Crippen LogP contribution in [0.1, 0.15) is 23.7 Å². The minimum atomic E-state index is -0.835. The monoisotopic (exact) mass is 291 g/mol. The zero-order valence-electron chi connectivity index (χ0n) is 12.6. The fourth-order valence-corrected chi connectivity index (χ4v) is 2.81. The third-order valence-corrected chi connectivity index (χ3v) is 3.81. The molecule has 2 heterocycles. The molecule has 2 rings (SSSR count). The lowest BCUT2D eigenvalue weighted by Crippen LogP contribution is -2.45. The van der Waals surface area contributed by atoms with E-state index in [1.165, 1.54) is 0 Å². The molecule has 1 fully saturated rings. The number of hydrogen-bond acceptors (Lipinski definition) is 4. The smallest absolute Gasteiger partial charge is 0.308 e. The van der Waals surface area contributed by atoms with E-state index in [-0.39, 0.29) is 18.4 Å². The summed E-state index contributed by atoms with van der Waals surface area (Å²) in [6.45, 7) is 2.83. The Morgan fingerprint density at radius 1 is 1.38 bits per heavy atom. The zero-order chi connectivity index (χ0) is 15.6. The van der Waals surface area contributed by atoms with E-state index in [9.17, 15) is 14.7 Å². The molecule has 0 saturated carbocycles. The molecule has 1 aromatic rings. The van der Waals surface area contributed by atoms with Gasteiger partial charge in [-0.2, -0.15) is 0 Å². The number of carbonyl (C=O) groups is 2. The van der Waals surface area contributed by atoms with Crippen LogP contribution in [-0.4, -0.2) is 54.1 Å². The van der Waals surface area contributed by atoms with E-state index < -0.39 is 11.9 Å². The first kappa shape index (κ1) is 15.3. The van der Waals surface area contributed by atoms with Crippen LogP contribution in [-0.2, 0) is 4.79 Å². The van der Waals surface area contributed by atoms with Gasteiger partial charge in [0, 0.05) is 39.6 Å². The average Bonchev–Trinajstić information content (AvgIpc) is 2.45. The highest BCUT2D eigenvalue weighted by molar-refractivity contribution is 5.99. The molecule has 0 aromatic carbocycles. The molecular formula is C15H21N3O3. The van der Waals surface area contributed by atoms with Crippen LogP contribution in [0.4, 0.5) is 5.69 Å². The maximum Gasteiger partial charge on any atom is 0.308 e. The number of anilines is 1. The first-order chi connectivity index (χ1) is 9.90. The van der Waals surface area contributed by atoms with Crippen LogP contribution in [0.25, 0.3) is 0 Å². The number of carboxylic acid groups (broad SMARTS) is 1. The first-order valence-corrected chi connectivity index (χ1v) is 7.03. The second-order valence-corrected chi connectivity index (χ2v) is 5.87. The van der Waals surface area contributed by atoms with Crippen molar-refractivity contribution in [2.24, 2.45) is 11.8 Å². The maximum atomic E-state index is 12.7. The fraction of sp³-hybridized carbons (Fsp3) is 0.533. The molecule has 0 bridgehead atoms. The Hall–Kier alpha value is -2.11. The molecule has 0 radical (unpaired) electrons. The molecule has 1 aromatic heterocycles. The summed E-state index contributed by atoms with van der Waals surface area (Å²) in [4.78, 5) is 31.4. The van der Waals surface area contributed by atoms with Crippen molar-refractivity contribution in [1.29, 1.82) is 0 Å². The lowest BCUT2D eigenvalue weighted by molar-refractivity contribution is -0.143. The van der Waals surface area contributed by atoms with E-state index in [2.05, 4.69) is 4.98 Å². The van der Waals surface area contributed by atoms with Crippen LogP contribution in [0, 0.1) is 11.8 Å². The Morgan fingerprint density at radius 2 is 2.10 bits per heavy atom. The van der Waals surface area contributed by atoms with E-state index in [1.54, 1.807) is 23.4 Å². The van der Waals surface area contributed by atoms with Crippen LogP contribution in [0.2, 0.25) is 0 Å². The van der Waals surface area contributed by atoms with Gasteiger partial charge in [-0.3, -0.25) is 14.6 Å². The number of hydrogen-bond donors (Lipinski definition) is 1. The summed E-state index contributed by atoms with van der Waals surface area (Å²) >= 11 is 0. The van der Waals surface area contributed by atoms with Gasteiger partial charge < -0.3 is 14.9 Å². The molecular weight excluding hydrogens is 270 g/mol. The highest BCUT2D eigenvalue weighted by Crippen LogP contribution is 2.25. The summed E-state index contributed by atoms with van der Waals surface area (Å²) < 4.78 is 0. The molecule has 6 heteroatoms. The van der Waals surface area contributed by atoms with Crippen LogP contribution in [0.15, 0.2) is 18.5 Å². The predicted octanol–water partition coefficient (Wildman–Crippen LogP) is 1.33. The molecule has 2 unspecified atom stereocenters. The quantitative estimate of drug-likeness (QED) is 0.909. The fourth-order valence-electron chi connectivity index (χ4n) is 2.81. The molecule has 1 saturated heterocycles. The molecule has 114 valence electrons. The van der Waals surface area contributed by atoms with Gasteiger partial charge in [-0.15, -0.1) is 0 Å². The van der Waals surface area contributed by atoms with E-state index in [0.29, 0.717) is 18.5 Å². The molecule has 6 nitrogen and oxygen atoms in total. The molecule has 1 aliphatic rings. The Morgan fingerprint density at radius 3 is 2.71 bits per heavy atom. The number of amides is 1. The summed E-state index contributed by atoms with van der Waals surface area (Å²) in [7, 11) is 3.73. The first-order valence-electron chi connectivity index (χ1n) is 7.03. The molecule has 0 spiro atoms. The standard InChI is InChI=1S/C15H21N3O3/c1-10-6-11(15(20)21)9-18(8-10)14(19)12-7-16-5-4-13(12)17(2)3/h4-5,7,10-11H,6,8-9H2,1-3H3,(H,20,21). The summed E-state index contributed by atoms with van der Waals surface area (Å²) in [5.41, 5.74) is 1.31. The van der Waals surface area contributed by atoms with Gasteiger partial charge in [-0.25, -0.2) is 0 Å². The molecule has 1 N–H and O–H groups in total. The van der Waals surface area contributed by atoms with Crippen molar-refractivity contribution >= 4 is 17.6 Å². The van der Waals surface area contributed by atoms with Gasteiger partial charge in [-0.05, 0) is 18.4 Å². The second kappa shape index (κ2) is 6.11. The number of pyridine rings is 1. The van der Waals surface area contributed by atoms with Crippen molar-refractivity contribution in [1.82, 2.24) is 9.88 Å². The van der Waals surface area contributed by atoms with Crippen LogP contribution < -0.4 is 4.90 Å². The van der Waals surface area contributed by atoms with E-state index in [4.69, 9.17) is 0 Å². The number of carboxylic acids is 1. The van der Waals surface area contributed by atoms with E-state index in [1.807, 2.05) is 25.9 Å². The minimum Gasteiger partial charge on any atom is -0.481 e. The summed E-state index contributed by atoms with van der Waals surface area (Å²) in [5, 5.41) is 9.21.